The summed E-state index contributed by atoms with van der Waals surface area (Å²) >= 11 is 0. The van der Waals surface area contributed by atoms with E-state index in [-0.39, 0.29) is 18.9 Å². The molecule has 0 aliphatic carbocycles. The number of benzene rings is 1. The fraction of sp³-hybridized carbons (Fsp3) is 0.556. The fourth-order valence-corrected chi connectivity index (χ4v) is 4.35. The lowest BCUT2D eigenvalue weighted by Gasteiger charge is -2.37. The van der Waals surface area contributed by atoms with Gasteiger partial charge in [0.2, 0.25) is 15.9 Å². The maximum absolute atomic E-state index is 12.5. The van der Waals surface area contributed by atoms with Gasteiger partial charge in [0.1, 0.15) is 0 Å². The number of nitrogens with zero attached hydrogens (tertiary/aromatic N) is 3. The molecule has 2 aliphatic heterocycles. The molecule has 2 heterocycles. The molecule has 1 aromatic carbocycles. The number of sulfonamides is 1. The topological polar surface area (TPSA) is 99.9 Å². The molecule has 0 radical (unpaired) electrons. The van der Waals surface area contributed by atoms with Gasteiger partial charge in [-0.05, 0) is 24.3 Å². The zero-order chi connectivity index (χ0) is 19.5. The zero-order valence-corrected chi connectivity index (χ0v) is 16.1. The normalized spacial score (nSPS) is 19.0. The van der Waals surface area contributed by atoms with Crippen LogP contribution >= 0.6 is 0 Å². The van der Waals surface area contributed by atoms with Gasteiger partial charge in [-0.15, -0.1) is 0 Å². The average Bonchev–Trinajstić information content (AvgIpc) is 3.09. The smallest absolute Gasteiger partial charge is 0.232 e. The fourth-order valence-electron chi connectivity index (χ4n) is 3.43. The summed E-state index contributed by atoms with van der Waals surface area (Å²) in [4.78, 5) is 14.3. The second kappa shape index (κ2) is 7.84. The number of likely N-dealkylation sites (tertiary alicyclic amines) is 1. The van der Waals surface area contributed by atoms with E-state index in [4.69, 9.17) is 14.7 Å². The van der Waals surface area contributed by atoms with Crippen LogP contribution in [-0.2, 0) is 24.3 Å². The molecule has 2 fully saturated rings. The molecule has 1 amide bonds. The van der Waals surface area contributed by atoms with Gasteiger partial charge in [0.15, 0.2) is 5.79 Å². The van der Waals surface area contributed by atoms with Crippen molar-refractivity contribution in [3.8, 4) is 6.07 Å². The number of hydrogen-bond donors (Lipinski definition) is 0. The lowest BCUT2D eigenvalue weighted by molar-refractivity contribution is -0.187. The highest BCUT2D eigenvalue weighted by Gasteiger charge is 2.40. The Bertz CT molecular complexity index is 816. The maximum atomic E-state index is 12.5. The van der Waals surface area contributed by atoms with Crippen molar-refractivity contribution in [2.75, 3.05) is 43.4 Å². The van der Waals surface area contributed by atoms with Crippen LogP contribution in [0, 0.1) is 11.3 Å². The molecule has 0 unspecified atom stereocenters. The number of piperidine rings is 1. The summed E-state index contributed by atoms with van der Waals surface area (Å²) in [5.74, 6) is -0.636. The minimum absolute atomic E-state index is 0.0538. The first kappa shape index (κ1) is 19.6. The number of rotatable bonds is 5. The van der Waals surface area contributed by atoms with E-state index in [9.17, 15) is 13.2 Å². The van der Waals surface area contributed by atoms with Crippen LogP contribution in [0.25, 0.3) is 0 Å². The summed E-state index contributed by atoms with van der Waals surface area (Å²) in [6.45, 7) is 2.30. The van der Waals surface area contributed by atoms with Crippen molar-refractivity contribution in [3.05, 3.63) is 29.8 Å². The van der Waals surface area contributed by atoms with Crippen LogP contribution in [0.4, 0.5) is 5.69 Å². The molecule has 0 atom stereocenters. The van der Waals surface area contributed by atoms with Crippen LogP contribution in [0.5, 0.6) is 0 Å². The van der Waals surface area contributed by atoms with Crippen LogP contribution in [0.3, 0.4) is 0 Å². The summed E-state index contributed by atoms with van der Waals surface area (Å²) in [6.07, 6.45) is 2.45. The largest absolute Gasteiger partial charge is 0.347 e. The van der Waals surface area contributed by atoms with Gasteiger partial charge in [0.05, 0.1) is 36.8 Å². The molecule has 27 heavy (non-hydrogen) atoms. The van der Waals surface area contributed by atoms with Crippen molar-refractivity contribution in [1.29, 1.82) is 5.26 Å². The molecular weight excluding hydrogens is 370 g/mol. The van der Waals surface area contributed by atoms with E-state index >= 15 is 0 Å². The van der Waals surface area contributed by atoms with Gasteiger partial charge in [-0.25, -0.2) is 8.42 Å². The second-order valence-corrected chi connectivity index (χ2v) is 8.64. The molecule has 0 aromatic heterocycles. The number of carbonyl (C=O) groups excluding carboxylic acids is 1. The van der Waals surface area contributed by atoms with E-state index in [0.717, 1.165) is 6.26 Å². The summed E-state index contributed by atoms with van der Waals surface area (Å²) in [6, 6.07) is 8.26. The van der Waals surface area contributed by atoms with Gasteiger partial charge in [-0.2, -0.15) is 5.26 Å². The van der Waals surface area contributed by atoms with Crippen LogP contribution in [0.1, 0.15) is 24.8 Å². The third kappa shape index (κ3) is 4.58. The van der Waals surface area contributed by atoms with Gasteiger partial charge in [0.25, 0.3) is 0 Å². The molecule has 2 aliphatic rings. The van der Waals surface area contributed by atoms with Crippen LogP contribution in [0.2, 0.25) is 0 Å². The Morgan fingerprint density at radius 2 is 1.81 bits per heavy atom. The summed E-state index contributed by atoms with van der Waals surface area (Å²) < 4.78 is 36.8. The molecule has 1 spiro atoms. The van der Waals surface area contributed by atoms with Gasteiger partial charge in [-0.3, -0.25) is 9.10 Å². The molecule has 8 nitrogen and oxygen atoms in total. The van der Waals surface area contributed by atoms with Crippen LogP contribution in [0.15, 0.2) is 24.3 Å². The summed E-state index contributed by atoms with van der Waals surface area (Å²) in [5.41, 5.74) is 0.886. The molecule has 2 saturated heterocycles. The second-order valence-electron chi connectivity index (χ2n) is 6.73. The Morgan fingerprint density at radius 3 is 2.33 bits per heavy atom. The van der Waals surface area contributed by atoms with E-state index in [1.807, 2.05) is 6.07 Å². The van der Waals surface area contributed by atoms with Crippen molar-refractivity contribution in [2.24, 2.45) is 0 Å². The molecule has 9 heteroatoms. The van der Waals surface area contributed by atoms with Crippen molar-refractivity contribution in [1.82, 2.24) is 4.90 Å². The van der Waals surface area contributed by atoms with Crippen LogP contribution < -0.4 is 4.31 Å². The predicted octanol–water partition coefficient (Wildman–Crippen LogP) is 1.08. The van der Waals surface area contributed by atoms with E-state index in [1.54, 1.807) is 29.2 Å². The van der Waals surface area contributed by atoms with E-state index in [0.29, 0.717) is 50.4 Å². The Kier molecular flexibility index (Phi) is 5.69. The average molecular weight is 393 g/mol. The molecular formula is C18H23N3O5S. The molecule has 146 valence electrons. The van der Waals surface area contributed by atoms with E-state index in [2.05, 4.69) is 0 Å². The van der Waals surface area contributed by atoms with Gasteiger partial charge >= 0.3 is 0 Å². The SMILES string of the molecule is CS(=O)(=O)N(CCC(=O)N1CCC2(CC1)OCCO2)c1ccc(C#N)cc1. The highest BCUT2D eigenvalue weighted by atomic mass is 32.2. The van der Waals surface area contributed by atoms with Gasteiger partial charge in [0, 0.05) is 38.9 Å². The van der Waals surface area contributed by atoms with E-state index in [1.165, 1.54) is 4.31 Å². The molecule has 3 rings (SSSR count). The summed E-state index contributed by atoms with van der Waals surface area (Å²) in [5, 5.41) is 8.87. The third-order valence-electron chi connectivity index (χ3n) is 4.90. The Morgan fingerprint density at radius 1 is 1.22 bits per heavy atom. The number of ether oxygens (including phenoxy) is 2. The number of hydrogen-bond acceptors (Lipinski definition) is 6. The van der Waals surface area contributed by atoms with E-state index < -0.39 is 15.8 Å². The molecule has 0 N–H and O–H groups in total. The number of carbonyl (C=O) groups is 1. The Labute approximate surface area is 159 Å². The van der Waals surface area contributed by atoms with Gasteiger partial charge < -0.3 is 14.4 Å². The minimum Gasteiger partial charge on any atom is -0.347 e. The number of amides is 1. The molecule has 0 bridgehead atoms. The van der Waals surface area contributed by atoms with Crippen molar-refractivity contribution in [3.63, 3.8) is 0 Å². The highest BCUT2D eigenvalue weighted by molar-refractivity contribution is 7.92. The van der Waals surface area contributed by atoms with Crippen LogP contribution in [-0.4, -0.2) is 64.1 Å². The van der Waals surface area contributed by atoms with Gasteiger partial charge in [-0.1, -0.05) is 0 Å². The molecule has 0 saturated carbocycles. The lowest BCUT2D eigenvalue weighted by atomic mass is 10.0. The number of nitriles is 1. The lowest BCUT2D eigenvalue weighted by Crippen LogP contribution is -2.48. The number of anilines is 1. The third-order valence-corrected chi connectivity index (χ3v) is 6.10. The van der Waals surface area contributed by atoms with Crippen molar-refractivity contribution in [2.45, 2.75) is 25.0 Å². The monoisotopic (exact) mass is 393 g/mol. The molecule has 1 aromatic rings. The predicted molar refractivity (Wildman–Crippen MR) is 98.4 cm³/mol. The first-order valence-electron chi connectivity index (χ1n) is 8.87. The zero-order valence-electron chi connectivity index (χ0n) is 15.3. The van der Waals surface area contributed by atoms with Crippen molar-refractivity contribution < 1.29 is 22.7 Å². The highest BCUT2D eigenvalue weighted by Crippen LogP contribution is 2.31. The quantitative estimate of drug-likeness (QED) is 0.742. The first-order valence-corrected chi connectivity index (χ1v) is 10.7. The maximum Gasteiger partial charge on any atom is 0.232 e. The first-order chi connectivity index (χ1) is 12.8. The summed E-state index contributed by atoms with van der Waals surface area (Å²) in [7, 11) is -3.54. The minimum atomic E-state index is -3.54. The standard InChI is InChI=1S/C18H23N3O5S/c1-27(23,24)21(16-4-2-15(14-19)3-5-16)9-6-17(22)20-10-7-18(8-11-20)25-12-13-26-18/h2-5H,6-13H2,1H3. The van der Waals surface area contributed by atoms with Crippen molar-refractivity contribution >= 4 is 21.6 Å². The Balaban J connectivity index is 1.60. The Hall–Kier alpha value is -2.15.